The summed E-state index contributed by atoms with van der Waals surface area (Å²) in [6, 6.07) is 8.63. The summed E-state index contributed by atoms with van der Waals surface area (Å²) < 4.78 is 1.49. The average Bonchev–Trinajstić information content (AvgIpc) is 2.73. The predicted molar refractivity (Wildman–Crippen MR) is 79.7 cm³/mol. The van der Waals surface area contributed by atoms with E-state index in [0.717, 1.165) is 12.8 Å². The van der Waals surface area contributed by atoms with Gasteiger partial charge < -0.3 is 5.73 Å². The highest BCUT2D eigenvalue weighted by molar-refractivity contribution is 5.76. The summed E-state index contributed by atoms with van der Waals surface area (Å²) in [6.07, 6.45) is 4.39. The van der Waals surface area contributed by atoms with E-state index in [1.54, 1.807) is 0 Å². The van der Waals surface area contributed by atoms with E-state index in [1.807, 2.05) is 24.3 Å². The monoisotopic (exact) mass is 285 g/mol. The molecule has 110 valence electrons. The molecule has 0 saturated carbocycles. The van der Waals surface area contributed by atoms with Crippen LogP contribution in [-0.4, -0.2) is 38.0 Å². The number of hydrogen-bond donors (Lipinski definition) is 1. The Bertz CT molecular complexity index is 713. The fraction of sp³-hybridized carbons (Fsp3) is 0.533. The number of fused-ring (bicyclic) bond motifs is 3. The van der Waals surface area contributed by atoms with Crippen LogP contribution < -0.4 is 11.3 Å². The Kier molecular flexibility index (Phi) is 3.01. The van der Waals surface area contributed by atoms with Crippen molar-refractivity contribution in [2.75, 3.05) is 0 Å². The quantitative estimate of drug-likeness (QED) is 0.879. The SMILES string of the molecule is NC1CC2CCC(C1)N2Cn1nnc2ccccc2c1=O. The molecular formula is C15H19N5O. The van der Waals surface area contributed by atoms with Crippen molar-refractivity contribution < 1.29 is 0 Å². The van der Waals surface area contributed by atoms with Crippen LogP contribution in [0.15, 0.2) is 29.1 Å². The lowest BCUT2D eigenvalue weighted by Crippen LogP contribution is -2.49. The summed E-state index contributed by atoms with van der Waals surface area (Å²) in [5.74, 6) is 0. The van der Waals surface area contributed by atoms with Gasteiger partial charge in [0.05, 0.1) is 12.1 Å². The number of piperidine rings is 1. The Balaban J connectivity index is 1.66. The third-order valence-electron chi connectivity index (χ3n) is 4.85. The van der Waals surface area contributed by atoms with Crippen LogP contribution in [-0.2, 0) is 6.67 Å². The van der Waals surface area contributed by atoms with Gasteiger partial charge >= 0.3 is 0 Å². The van der Waals surface area contributed by atoms with Gasteiger partial charge in [0, 0.05) is 18.1 Å². The normalized spacial score (nSPS) is 29.1. The lowest BCUT2D eigenvalue weighted by atomic mass is 9.99. The van der Waals surface area contributed by atoms with Crippen LogP contribution in [0.5, 0.6) is 0 Å². The molecule has 0 radical (unpaired) electrons. The summed E-state index contributed by atoms with van der Waals surface area (Å²) in [7, 11) is 0. The molecule has 2 atom stereocenters. The van der Waals surface area contributed by atoms with Crippen molar-refractivity contribution in [2.24, 2.45) is 5.73 Å². The highest BCUT2D eigenvalue weighted by Gasteiger charge is 2.39. The first kappa shape index (κ1) is 12.9. The first-order chi connectivity index (χ1) is 10.2. The summed E-state index contributed by atoms with van der Waals surface area (Å²) in [5, 5.41) is 8.88. The van der Waals surface area contributed by atoms with Crippen LogP contribution >= 0.6 is 0 Å². The topological polar surface area (TPSA) is 77.0 Å². The van der Waals surface area contributed by atoms with Crippen molar-refractivity contribution in [3.63, 3.8) is 0 Å². The molecule has 2 bridgehead atoms. The minimum Gasteiger partial charge on any atom is -0.328 e. The zero-order chi connectivity index (χ0) is 14.4. The van der Waals surface area contributed by atoms with E-state index in [2.05, 4.69) is 15.2 Å². The second-order valence-corrected chi connectivity index (χ2v) is 6.18. The number of nitrogens with zero attached hydrogens (tertiary/aromatic N) is 4. The van der Waals surface area contributed by atoms with Gasteiger partial charge in [0.2, 0.25) is 0 Å². The predicted octanol–water partition coefficient (Wildman–Crippen LogP) is 0.703. The fourth-order valence-corrected chi connectivity index (χ4v) is 3.82. The Morgan fingerprint density at radius 2 is 1.90 bits per heavy atom. The maximum absolute atomic E-state index is 12.5. The van der Waals surface area contributed by atoms with Crippen molar-refractivity contribution in [1.29, 1.82) is 0 Å². The third kappa shape index (κ3) is 2.15. The van der Waals surface area contributed by atoms with E-state index in [9.17, 15) is 4.79 Å². The smallest absolute Gasteiger partial charge is 0.278 e. The van der Waals surface area contributed by atoms with E-state index in [-0.39, 0.29) is 5.56 Å². The van der Waals surface area contributed by atoms with Gasteiger partial charge in [-0.05, 0) is 37.8 Å². The molecule has 2 N–H and O–H groups in total. The van der Waals surface area contributed by atoms with Crippen LogP contribution in [0.25, 0.3) is 10.9 Å². The van der Waals surface area contributed by atoms with E-state index in [0.29, 0.717) is 35.7 Å². The number of nitrogens with two attached hydrogens (primary N) is 1. The van der Waals surface area contributed by atoms with Crippen LogP contribution in [0.3, 0.4) is 0 Å². The van der Waals surface area contributed by atoms with Gasteiger partial charge in [-0.25, -0.2) is 0 Å². The highest BCUT2D eigenvalue weighted by atomic mass is 16.1. The third-order valence-corrected chi connectivity index (χ3v) is 4.85. The van der Waals surface area contributed by atoms with Gasteiger partial charge in [0.25, 0.3) is 5.56 Å². The van der Waals surface area contributed by atoms with Crippen molar-refractivity contribution in [2.45, 2.75) is 50.5 Å². The summed E-state index contributed by atoms with van der Waals surface area (Å²) in [6.45, 7) is 0.527. The molecule has 1 aromatic carbocycles. The Hall–Kier alpha value is -1.79. The van der Waals surface area contributed by atoms with Gasteiger partial charge in [0.15, 0.2) is 0 Å². The van der Waals surface area contributed by atoms with Crippen LogP contribution in [0, 0.1) is 0 Å². The molecule has 6 nitrogen and oxygen atoms in total. The standard InChI is InChI=1S/C15H19N5O/c16-10-7-11-5-6-12(8-10)19(11)9-20-15(21)13-3-1-2-4-14(13)17-18-20/h1-4,10-12H,5-9,16H2. The zero-order valence-electron chi connectivity index (χ0n) is 11.9. The molecule has 0 amide bonds. The Morgan fingerprint density at radius 1 is 1.19 bits per heavy atom. The maximum Gasteiger partial charge on any atom is 0.278 e. The molecule has 2 aliphatic rings. The number of rotatable bonds is 2. The van der Waals surface area contributed by atoms with Gasteiger partial charge in [-0.1, -0.05) is 17.3 Å². The largest absolute Gasteiger partial charge is 0.328 e. The van der Waals surface area contributed by atoms with E-state index in [1.165, 1.54) is 17.5 Å². The van der Waals surface area contributed by atoms with Gasteiger partial charge in [-0.2, -0.15) is 4.68 Å². The lowest BCUT2D eigenvalue weighted by Gasteiger charge is -2.37. The van der Waals surface area contributed by atoms with E-state index >= 15 is 0 Å². The molecule has 3 heterocycles. The minimum atomic E-state index is -0.0603. The molecule has 21 heavy (non-hydrogen) atoms. The van der Waals surface area contributed by atoms with Gasteiger partial charge in [-0.3, -0.25) is 9.69 Å². The number of hydrogen-bond acceptors (Lipinski definition) is 5. The molecule has 6 heteroatoms. The molecule has 1 aromatic heterocycles. The number of benzene rings is 1. The van der Waals surface area contributed by atoms with Crippen LogP contribution in [0.1, 0.15) is 25.7 Å². The zero-order valence-corrected chi connectivity index (χ0v) is 11.9. The van der Waals surface area contributed by atoms with Crippen molar-refractivity contribution in [3.8, 4) is 0 Å². The minimum absolute atomic E-state index is 0.0603. The molecule has 2 aliphatic heterocycles. The lowest BCUT2D eigenvalue weighted by molar-refractivity contribution is 0.0835. The average molecular weight is 285 g/mol. The molecule has 2 aromatic rings. The number of aromatic nitrogens is 3. The van der Waals surface area contributed by atoms with E-state index in [4.69, 9.17) is 5.73 Å². The molecule has 4 rings (SSSR count). The molecule has 0 spiro atoms. The maximum atomic E-state index is 12.5. The molecule has 2 saturated heterocycles. The second-order valence-electron chi connectivity index (χ2n) is 6.18. The molecular weight excluding hydrogens is 266 g/mol. The summed E-state index contributed by atoms with van der Waals surface area (Å²) in [4.78, 5) is 14.9. The first-order valence-electron chi connectivity index (χ1n) is 7.56. The highest BCUT2D eigenvalue weighted by Crippen LogP contribution is 2.35. The summed E-state index contributed by atoms with van der Waals surface area (Å²) in [5.41, 5.74) is 6.69. The first-order valence-corrected chi connectivity index (χ1v) is 7.56. The molecule has 2 unspecified atom stereocenters. The van der Waals surface area contributed by atoms with Crippen LogP contribution in [0.2, 0.25) is 0 Å². The van der Waals surface area contributed by atoms with E-state index < -0.39 is 0 Å². The van der Waals surface area contributed by atoms with Crippen molar-refractivity contribution in [3.05, 3.63) is 34.6 Å². The Morgan fingerprint density at radius 3 is 2.67 bits per heavy atom. The molecule has 0 aliphatic carbocycles. The fourth-order valence-electron chi connectivity index (χ4n) is 3.82. The van der Waals surface area contributed by atoms with Crippen LogP contribution in [0.4, 0.5) is 0 Å². The van der Waals surface area contributed by atoms with Gasteiger partial charge in [-0.15, -0.1) is 5.10 Å². The Labute approximate surface area is 122 Å². The molecule has 2 fully saturated rings. The van der Waals surface area contributed by atoms with Crippen molar-refractivity contribution >= 4 is 10.9 Å². The van der Waals surface area contributed by atoms with Gasteiger partial charge in [0.1, 0.15) is 5.52 Å². The summed E-state index contributed by atoms with van der Waals surface area (Å²) >= 11 is 0. The second kappa shape index (κ2) is 4.89. The van der Waals surface area contributed by atoms with Crippen molar-refractivity contribution in [1.82, 2.24) is 19.9 Å².